The number of anilines is 2. The SMILES string of the molecule is C=C(C)C(=O)Nc1ccc(-c2c(-c3ccc(C(=O)NCC4CCOC4)cc3)c3c(N)ncnc3n2C)cc1. The molecular weight excluding hydrogens is 480 g/mol. The topological polar surface area (TPSA) is 124 Å². The number of fused-ring (bicyclic) bond motifs is 1. The zero-order valence-electron chi connectivity index (χ0n) is 21.5. The number of carbonyl (C=O) groups excluding carboxylic acids is 2. The van der Waals surface area contributed by atoms with Gasteiger partial charge in [0.25, 0.3) is 11.8 Å². The van der Waals surface area contributed by atoms with Gasteiger partial charge < -0.3 is 25.7 Å². The van der Waals surface area contributed by atoms with Gasteiger partial charge in [-0.15, -0.1) is 0 Å². The van der Waals surface area contributed by atoms with Gasteiger partial charge >= 0.3 is 0 Å². The highest BCUT2D eigenvalue weighted by Crippen LogP contribution is 2.41. The summed E-state index contributed by atoms with van der Waals surface area (Å²) in [6.07, 6.45) is 2.41. The lowest BCUT2D eigenvalue weighted by atomic mass is 9.97. The first-order valence-electron chi connectivity index (χ1n) is 12.5. The van der Waals surface area contributed by atoms with Crippen molar-refractivity contribution in [2.45, 2.75) is 13.3 Å². The lowest BCUT2D eigenvalue weighted by Crippen LogP contribution is -2.29. The van der Waals surface area contributed by atoms with Gasteiger partial charge in [0.2, 0.25) is 0 Å². The standard InChI is InChI=1S/C29H30N6O3/c1-17(2)28(36)34-22-10-8-20(9-11-22)25-23(24-26(30)32-16-33-27(24)35(25)3)19-4-6-21(7-5-19)29(37)31-14-18-12-13-38-15-18/h4-11,16,18H,1,12-15H2,2-3H3,(H,31,37)(H,34,36)(H2,30,32,33). The fraction of sp³-hybridized carbons (Fsp3) is 0.241. The average molecular weight is 511 g/mol. The highest BCUT2D eigenvalue weighted by Gasteiger charge is 2.22. The van der Waals surface area contributed by atoms with Crippen LogP contribution in [0.25, 0.3) is 33.4 Å². The van der Waals surface area contributed by atoms with Gasteiger partial charge in [-0.25, -0.2) is 9.97 Å². The summed E-state index contributed by atoms with van der Waals surface area (Å²) in [6.45, 7) is 7.39. The summed E-state index contributed by atoms with van der Waals surface area (Å²) in [6, 6.07) is 15.0. The van der Waals surface area contributed by atoms with Crippen LogP contribution in [0.1, 0.15) is 23.7 Å². The predicted octanol–water partition coefficient (Wildman–Crippen LogP) is 4.17. The molecule has 0 aliphatic carbocycles. The lowest BCUT2D eigenvalue weighted by Gasteiger charge is -2.12. The Hall–Kier alpha value is -4.50. The number of nitrogens with one attached hydrogen (secondary N) is 2. The molecule has 5 rings (SSSR count). The molecule has 2 aromatic heterocycles. The molecule has 0 saturated carbocycles. The van der Waals surface area contributed by atoms with Crippen molar-refractivity contribution in [3.63, 3.8) is 0 Å². The van der Waals surface area contributed by atoms with Crippen molar-refractivity contribution in [2.75, 3.05) is 30.8 Å². The number of ether oxygens (including phenoxy) is 1. The quantitative estimate of drug-likeness (QED) is 0.321. The van der Waals surface area contributed by atoms with Gasteiger partial charge in [0.15, 0.2) is 0 Å². The van der Waals surface area contributed by atoms with Gasteiger partial charge in [-0.1, -0.05) is 30.8 Å². The number of benzene rings is 2. The predicted molar refractivity (Wildman–Crippen MR) is 148 cm³/mol. The molecule has 1 atom stereocenters. The van der Waals surface area contributed by atoms with E-state index < -0.39 is 0 Å². The number of hydrogen-bond donors (Lipinski definition) is 3. The van der Waals surface area contributed by atoms with Crippen LogP contribution in [0.3, 0.4) is 0 Å². The second-order valence-electron chi connectivity index (χ2n) is 9.57. The summed E-state index contributed by atoms with van der Waals surface area (Å²) < 4.78 is 7.37. The van der Waals surface area contributed by atoms with Crippen molar-refractivity contribution in [3.05, 3.63) is 72.6 Å². The van der Waals surface area contributed by atoms with E-state index in [9.17, 15) is 9.59 Å². The second-order valence-corrected chi connectivity index (χ2v) is 9.57. The number of nitrogens with two attached hydrogens (primary N) is 1. The lowest BCUT2D eigenvalue weighted by molar-refractivity contribution is -0.112. The third kappa shape index (κ3) is 4.88. The number of aromatic nitrogens is 3. The number of rotatable bonds is 7. The van der Waals surface area contributed by atoms with E-state index in [0.29, 0.717) is 47.4 Å². The molecule has 1 aliphatic heterocycles. The van der Waals surface area contributed by atoms with Gasteiger partial charge in [-0.3, -0.25) is 9.59 Å². The van der Waals surface area contributed by atoms with Crippen LogP contribution >= 0.6 is 0 Å². The Morgan fingerprint density at radius 1 is 1.11 bits per heavy atom. The van der Waals surface area contributed by atoms with Gasteiger partial charge in [0.1, 0.15) is 17.8 Å². The van der Waals surface area contributed by atoms with Crippen LogP contribution in [0.4, 0.5) is 11.5 Å². The zero-order chi connectivity index (χ0) is 26.8. The summed E-state index contributed by atoms with van der Waals surface area (Å²) in [7, 11) is 1.93. The monoisotopic (exact) mass is 510 g/mol. The Kier molecular flexibility index (Phi) is 6.93. The van der Waals surface area contributed by atoms with Crippen molar-refractivity contribution in [1.82, 2.24) is 19.9 Å². The summed E-state index contributed by atoms with van der Waals surface area (Å²) >= 11 is 0. The number of nitrogen functional groups attached to an aromatic ring is 1. The minimum absolute atomic E-state index is 0.114. The van der Waals surface area contributed by atoms with E-state index in [1.54, 1.807) is 6.92 Å². The largest absolute Gasteiger partial charge is 0.383 e. The van der Waals surface area contributed by atoms with Gasteiger partial charge in [0, 0.05) is 48.5 Å². The highest BCUT2D eigenvalue weighted by molar-refractivity contribution is 6.08. The number of hydrogen-bond acceptors (Lipinski definition) is 6. The molecule has 4 aromatic rings. The highest BCUT2D eigenvalue weighted by atomic mass is 16.5. The maximum absolute atomic E-state index is 12.7. The van der Waals surface area contributed by atoms with Crippen LogP contribution in [0, 0.1) is 5.92 Å². The van der Waals surface area contributed by atoms with E-state index in [0.717, 1.165) is 40.8 Å². The van der Waals surface area contributed by atoms with Crippen molar-refractivity contribution < 1.29 is 14.3 Å². The van der Waals surface area contributed by atoms with E-state index >= 15 is 0 Å². The van der Waals surface area contributed by atoms with Gasteiger partial charge in [-0.2, -0.15) is 0 Å². The first-order chi connectivity index (χ1) is 18.3. The molecule has 3 heterocycles. The fourth-order valence-corrected chi connectivity index (χ4v) is 4.72. The first kappa shape index (κ1) is 25.2. The maximum Gasteiger partial charge on any atom is 0.251 e. The summed E-state index contributed by atoms with van der Waals surface area (Å²) in [4.78, 5) is 33.5. The molecule has 2 amide bonds. The molecule has 194 valence electrons. The maximum atomic E-state index is 12.7. The van der Waals surface area contributed by atoms with Crippen LogP contribution in [0.5, 0.6) is 0 Å². The number of nitrogens with zero attached hydrogens (tertiary/aromatic N) is 3. The molecule has 1 saturated heterocycles. The Morgan fingerprint density at radius 2 is 1.82 bits per heavy atom. The molecule has 0 bridgehead atoms. The molecule has 0 radical (unpaired) electrons. The number of amides is 2. The van der Waals surface area contributed by atoms with Crippen LogP contribution in [-0.4, -0.2) is 46.1 Å². The van der Waals surface area contributed by atoms with E-state index in [2.05, 4.69) is 27.2 Å². The van der Waals surface area contributed by atoms with E-state index in [1.165, 1.54) is 6.33 Å². The van der Waals surface area contributed by atoms with Crippen LogP contribution in [0.15, 0.2) is 67.0 Å². The fourth-order valence-electron chi connectivity index (χ4n) is 4.72. The zero-order valence-corrected chi connectivity index (χ0v) is 21.5. The molecule has 1 fully saturated rings. The molecule has 1 aliphatic rings. The Bertz CT molecular complexity index is 1520. The Morgan fingerprint density at radius 3 is 2.47 bits per heavy atom. The normalized spacial score (nSPS) is 14.9. The first-order valence-corrected chi connectivity index (χ1v) is 12.5. The molecule has 1 unspecified atom stereocenters. The Balaban J connectivity index is 1.50. The van der Waals surface area contributed by atoms with Gasteiger partial charge in [0.05, 0.1) is 17.7 Å². The third-order valence-electron chi connectivity index (χ3n) is 6.81. The van der Waals surface area contributed by atoms with Crippen LogP contribution in [0.2, 0.25) is 0 Å². The number of carbonyl (C=O) groups is 2. The molecule has 9 heteroatoms. The summed E-state index contributed by atoms with van der Waals surface area (Å²) in [5.41, 5.74) is 12.3. The van der Waals surface area contributed by atoms with Crippen molar-refractivity contribution in [3.8, 4) is 22.4 Å². The van der Waals surface area contributed by atoms with E-state index in [-0.39, 0.29) is 11.8 Å². The van der Waals surface area contributed by atoms with Gasteiger partial charge in [-0.05, 0) is 48.7 Å². The smallest absolute Gasteiger partial charge is 0.251 e. The molecule has 9 nitrogen and oxygen atoms in total. The average Bonchev–Trinajstić information content (AvgIpc) is 3.55. The number of aryl methyl sites for hydroxylation is 1. The molecule has 0 spiro atoms. The summed E-state index contributed by atoms with van der Waals surface area (Å²) in [5, 5.41) is 6.58. The van der Waals surface area contributed by atoms with Crippen molar-refractivity contribution in [2.24, 2.45) is 13.0 Å². The molecule has 38 heavy (non-hydrogen) atoms. The van der Waals surface area contributed by atoms with Crippen molar-refractivity contribution in [1.29, 1.82) is 0 Å². The summed E-state index contributed by atoms with van der Waals surface area (Å²) in [5.74, 6) is 0.390. The van der Waals surface area contributed by atoms with E-state index in [4.69, 9.17) is 10.5 Å². The third-order valence-corrected chi connectivity index (χ3v) is 6.81. The minimum Gasteiger partial charge on any atom is -0.383 e. The molecular formula is C29H30N6O3. The van der Waals surface area contributed by atoms with E-state index in [1.807, 2.05) is 60.1 Å². The van der Waals surface area contributed by atoms with Crippen molar-refractivity contribution >= 4 is 34.4 Å². The molecule has 2 aromatic carbocycles. The van der Waals surface area contributed by atoms with Crippen LogP contribution < -0.4 is 16.4 Å². The van der Waals surface area contributed by atoms with Crippen LogP contribution in [-0.2, 0) is 16.6 Å². The Labute approximate surface area is 220 Å². The minimum atomic E-state index is -0.230. The second kappa shape index (κ2) is 10.5. The molecule has 4 N–H and O–H groups in total.